The summed E-state index contributed by atoms with van der Waals surface area (Å²) in [6.45, 7) is 2.91. The number of rotatable bonds is 5. The number of thioether (sulfide) groups is 1. The Bertz CT molecular complexity index is 915. The molecule has 0 radical (unpaired) electrons. The normalized spacial score (nSPS) is 14.5. The summed E-state index contributed by atoms with van der Waals surface area (Å²) in [6, 6.07) is 14.5. The molecule has 1 aliphatic rings. The van der Waals surface area contributed by atoms with E-state index < -0.39 is 0 Å². The van der Waals surface area contributed by atoms with E-state index in [-0.39, 0.29) is 5.82 Å². The third-order valence-corrected chi connectivity index (χ3v) is 5.63. The molecule has 2 heterocycles. The Kier molecular flexibility index (Phi) is 5.61. The van der Waals surface area contributed by atoms with Crippen molar-refractivity contribution in [1.82, 2.24) is 14.8 Å². The largest absolute Gasteiger partial charge is 0.378 e. The van der Waals surface area contributed by atoms with Crippen molar-refractivity contribution in [3.8, 4) is 5.69 Å². The van der Waals surface area contributed by atoms with Gasteiger partial charge in [-0.25, -0.2) is 4.39 Å². The van der Waals surface area contributed by atoms with Gasteiger partial charge >= 0.3 is 0 Å². The van der Waals surface area contributed by atoms with Gasteiger partial charge in [-0.15, -0.1) is 10.2 Å². The van der Waals surface area contributed by atoms with Crippen LogP contribution in [0, 0.1) is 5.82 Å². The molecule has 0 aliphatic carbocycles. The minimum Gasteiger partial charge on any atom is -0.378 e. The van der Waals surface area contributed by atoms with Crippen LogP contribution in [0.2, 0.25) is 5.02 Å². The van der Waals surface area contributed by atoms with Gasteiger partial charge in [0.1, 0.15) is 5.82 Å². The maximum atomic E-state index is 13.3. The molecule has 2 aromatic carbocycles. The molecule has 0 unspecified atom stereocenters. The quantitative estimate of drug-likeness (QED) is 0.596. The van der Waals surface area contributed by atoms with E-state index in [9.17, 15) is 4.39 Å². The smallest absolute Gasteiger partial charge is 0.232 e. The summed E-state index contributed by atoms with van der Waals surface area (Å²) in [5.41, 5.74) is 1.86. The van der Waals surface area contributed by atoms with Gasteiger partial charge < -0.3 is 9.64 Å². The van der Waals surface area contributed by atoms with E-state index >= 15 is 0 Å². The molecule has 0 spiro atoms. The topological polar surface area (TPSA) is 43.2 Å². The first-order valence-corrected chi connectivity index (χ1v) is 9.99. The van der Waals surface area contributed by atoms with Gasteiger partial charge in [0.25, 0.3) is 0 Å². The number of hydrogen-bond donors (Lipinski definition) is 0. The van der Waals surface area contributed by atoms with Crippen molar-refractivity contribution in [3.63, 3.8) is 0 Å². The van der Waals surface area contributed by atoms with Gasteiger partial charge in [-0.05, 0) is 29.8 Å². The number of hydrogen-bond acceptors (Lipinski definition) is 5. The standard InChI is InChI=1S/C19H18ClFN4OS/c20-17-12-15(21)7-6-14(17)13-27-19-23-22-18(24-8-10-26-11-9-24)25(19)16-4-2-1-3-5-16/h1-7,12H,8-11,13H2. The highest BCUT2D eigenvalue weighted by Gasteiger charge is 2.21. The molecule has 1 aliphatic heterocycles. The van der Waals surface area contributed by atoms with E-state index in [1.165, 1.54) is 23.9 Å². The first-order chi connectivity index (χ1) is 13.2. The van der Waals surface area contributed by atoms with Crippen LogP contribution in [-0.4, -0.2) is 41.1 Å². The zero-order chi connectivity index (χ0) is 18.6. The molecule has 8 heteroatoms. The zero-order valence-electron chi connectivity index (χ0n) is 14.5. The minimum atomic E-state index is -0.337. The third-order valence-electron chi connectivity index (χ3n) is 4.30. The summed E-state index contributed by atoms with van der Waals surface area (Å²) in [5, 5.41) is 10.0. The monoisotopic (exact) mass is 404 g/mol. The van der Waals surface area contributed by atoms with Gasteiger partial charge in [-0.1, -0.05) is 47.6 Å². The lowest BCUT2D eigenvalue weighted by Gasteiger charge is -2.27. The van der Waals surface area contributed by atoms with Crippen LogP contribution in [0.5, 0.6) is 0 Å². The van der Waals surface area contributed by atoms with Crippen LogP contribution in [0.3, 0.4) is 0 Å². The number of nitrogens with zero attached hydrogens (tertiary/aromatic N) is 4. The van der Waals surface area contributed by atoms with E-state index in [1.54, 1.807) is 6.07 Å². The maximum absolute atomic E-state index is 13.3. The molecule has 0 saturated carbocycles. The predicted molar refractivity (Wildman–Crippen MR) is 105 cm³/mol. The van der Waals surface area contributed by atoms with Crippen LogP contribution < -0.4 is 4.90 Å². The van der Waals surface area contributed by atoms with Gasteiger partial charge in [0.15, 0.2) is 5.16 Å². The van der Waals surface area contributed by atoms with Gasteiger partial charge in [-0.3, -0.25) is 4.57 Å². The molecule has 4 rings (SSSR count). The van der Waals surface area contributed by atoms with Crippen molar-refractivity contribution >= 4 is 29.3 Å². The van der Waals surface area contributed by atoms with Crippen LogP contribution >= 0.6 is 23.4 Å². The van der Waals surface area contributed by atoms with Gasteiger partial charge in [0.05, 0.1) is 18.9 Å². The molecule has 3 aromatic rings. The number of ether oxygens (including phenoxy) is 1. The van der Waals surface area contributed by atoms with Crippen molar-refractivity contribution in [3.05, 3.63) is 64.9 Å². The predicted octanol–water partition coefficient (Wildman–Crippen LogP) is 4.19. The molecule has 1 fully saturated rings. The summed E-state index contributed by atoms with van der Waals surface area (Å²) in [5.74, 6) is 1.04. The molecule has 27 heavy (non-hydrogen) atoms. The number of aromatic nitrogens is 3. The lowest BCUT2D eigenvalue weighted by Crippen LogP contribution is -2.37. The molecular weight excluding hydrogens is 387 g/mol. The number of halogens is 2. The molecule has 0 bridgehead atoms. The van der Waals surface area contributed by atoms with E-state index in [4.69, 9.17) is 16.3 Å². The Morgan fingerprint density at radius 2 is 1.85 bits per heavy atom. The number of anilines is 1. The van der Waals surface area contributed by atoms with Crippen molar-refractivity contribution in [1.29, 1.82) is 0 Å². The lowest BCUT2D eigenvalue weighted by molar-refractivity contribution is 0.122. The molecule has 1 saturated heterocycles. The fraction of sp³-hybridized carbons (Fsp3) is 0.263. The van der Waals surface area contributed by atoms with E-state index in [0.29, 0.717) is 24.0 Å². The summed E-state index contributed by atoms with van der Waals surface area (Å²) in [6.07, 6.45) is 0. The van der Waals surface area contributed by atoms with Gasteiger partial charge in [-0.2, -0.15) is 0 Å². The summed E-state index contributed by atoms with van der Waals surface area (Å²) in [4.78, 5) is 2.18. The Balaban J connectivity index is 1.64. The second-order valence-electron chi connectivity index (χ2n) is 6.08. The number of benzene rings is 2. The molecule has 1 aromatic heterocycles. The van der Waals surface area contributed by atoms with Crippen LogP contribution in [0.4, 0.5) is 10.3 Å². The van der Waals surface area contributed by atoms with Crippen molar-refractivity contribution in [2.75, 3.05) is 31.2 Å². The Hall–Kier alpha value is -2.09. The molecule has 0 amide bonds. The molecule has 0 N–H and O–H groups in total. The van der Waals surface area contributed by atoms with Crippen molar-refractivity contribution in [2.45, 2.75) is 10.9 Å². The molecule has 140 valence electrons. The average Bonchev–Trinajstić information content (AvgIpc) is 3.12. The SMILES string of the molecule is Fc1ccc(CSc2nnc(N3CCOCC3)n2-c2ccccc2)c(Cl)c1. The second-order valence-corrected chi connectivity index (χ2v) is 7.43. The zero-order valence-corrected chi connectivity index (χ0v) is 16.1. The summed E-state index contributed by atoms with van der Waals surface area (Å²) in [7, 11) is 0. The van der Waals surface area contributed by atoms with Crippen LogP contribution in [-0.2, 0) is 10.5 Å². The lowest BCUT2D eigenvalue weighted by atomic mass is 10.2. The Labute approximate surface area is 166 Å². The second kappa shape index (κ2) is 8.29. The molecule has 0 atom stereocenters. The van der Waals surface area contributed by atoms with Gasteiger partial charge in [0, 0.05) is 23.9 Å². The highest BCUT2D eigenvalue weighted by Crippen LogP contribution is 2.31. The fourth-order valence-electron chi connectivity index (χ4n) is 2.91. The maximum Gasteiger partial charge on any atom is 0.232 e. The third kappa shape index (κ3) is 4.10. The van der Waals surface area contributed by atoms with E-state index in [0.717, 1.165) is 35.4 Å². The average molecular weight is 405 g/mol. The highest BCUT2D eigenvalue weighted by molar-refractivity contribution is 7.98. The molecular formula is C19H18ClFN4OS. The fourth-order valence-corrected chi connectivity index (χ4v) is 4.17. The molecule has 5 nitrogen and oxygen atoms in total. The first-order valence-electron chi connectivity index (χ1n) is 8.62. The Morgan fingerprint density at radius 1 is 1.07 bits per heavy atom. The van der Waals surface area contributed by atoms with Crippen molar-refractivity contribution < 1.29 is 9.13 Å². The minimum absolute atomic E-state index is 0.337. The van der Waals surface area contributed by atoms with Crippen LogP contribution in [0.15, 0.2) is 53.7 Å². The summed E-state index contributed by atoms with van der Waals surface area (Å²) < 4.78 is 20.8. The van der Waals surface area contributed by atoms with E-state index in [1.807, 2.05) is 34.9 Å². The van der Waals surface area contributed by atoms with Crippen LogP contribution in [0.1, 0.15) is 5.56 Å². The van der Waals surface area contributed by atoms with E-state index in [2.05, 4.69) is 15.1 Å². The summed E-state index contributed by atoms with van der Waals surface area (Å²) >= 11 is 7.69. The Morgan fingerprint density at radius 3 is 2.59 bits per heavy atom. The first kappa shape index (κ1) is 18.3. The van der Waals surface area contributed by atoms with Gasteiger partial charge in [0.2, 0.25) is 5.95 Å². The van der Waals surface area contributed by atoms with Crippen molar-refractivity contribution in [2.24, 2.45) is 0 Å². The number of morpholine rings is 1. The number of para-hydroxylation sites is 1. The van der Waals surface area contributed by atoms with Crippen LogP contribution in [0.25, 0.3) is 5.69 Å². The highest BCUT2D eigenvalue weighted by atomic mass is 35.5.